The second-order valence-corrected chi connectivity index (χ2v) is 9.76. The summed E-state index contributed by atoms with van der Waals surface area (Å²) in [7, 11) is -0.983. The standard InChI is InChI=1S/C15H27NOS.H2/c1-15(2,3)18(4,5)17-12-11-16-13-14-9-7-6-8-10-14;/h6-10,16H,11-13H2,1-5H3;1H. The summed E-state index contributed by atoms with van der Waals surface area (Å²) in [5.41, 5.74) is 1.32. The molecule has 0 bridgehead atoms. The summed E-state index contributed by atoms with van der Waals surface area (Å²) in [4.78, 5) is 0. The molecule has 0 atom stereocenters. The van der Waals surface area contributed by atoms with Gasteiger partial charge < -0.3 is 9.50 Å². The van der Waals surface area contributed by atoms with Crippen LogP contribution in [0.2, 0.25) is 0 Å². The molecule has 0 unspecified atom stereocenters. The molecule has 1 aromatic rings. The van der Waals surface area contributed by atoms with Crippen LogP contribution in [0.5, 0.6) is 0 Å². The number of nitrogens with one attached hydrogen (secondary N) is 1. The minimum absolute atomic E-state index is 0. The first-order valence-electron chi connectivity index (χ1n) is 6.45. The van der Waals surface area contributed by atoms with E-state index in [2.05, 4.69) is 62.9 Å². The summed E-state index contributed by atoms with van der Waals surface area (Å²) in [6.07, 6.45) is 4.48. The van der Waals surface area contributed by atoms with Gasteiger partial charge in [-0.05, 0) is 18.1 Å². The summed E-state index contributed by atoms with van der Waals surface area (Å²) in [6.45, 7) is 9.35. The van der Waals surface area contributed by atoms with Crippen molar-refractivity contribution in [1.29, 1.82) is 0 Å². The van der Waals surface area contributed by atoms with Crippen LogP contribution in [0, 0.1) is 0 Å². The average Bonchev–Trinajstić information content (AvgIpc) is 2.28. The van der Waals surface area contributed by atoms with Crippen molar-refractivity contribution in [2.45, 2.75) is 32.1 Å². The second kappa shape index (κ2) is 6.60. The minimum Gasteiger partial charge on any atom is -0.335 e. The maximum Gasteiger partial charge on any atom is 0.0717 e. The van der Waals surface area contributed by atoms with Gasteiger partial charge in [-0.2, -0.15) is 0 Å². The second-order valence-electron chi connectivity index (χ2n) is 5.83. The summed E-state index contributed by atoms with van der Waals surface area (Å²) in [5.74, 6) is 0. The highest BCUT2D eigenvalue weighted by Gasteiger charge is 2.28. The van der Waals surface area contributed by atoms with Crippen LogP contribution in [-0.4, -0.2) is 30.4 Å². The lowest BCUT2D eigenvalue weighted by molar-refractivity contribution is 0.343. The molecule has 106 valence electrons. The molecule has 0 radical (unpaired) electrons. The first-order chi connectivity index (χ1) is 8.33. The van der Waals surface area contributed by atoms with Gasteiger partial charge in [-0.15, -0.1) is 10.3 Å². The molecule has 0 saturated carbocycles. The quantitative estimate of drug-likeness (QED) is 0.794. The Hall–Kier alpha value is -0.510. The predicted octanol–water partition coefficient (Wildman–Crippen LogP) is 3.82. The monoisotopic (exact) mass is 271 g/mol. The Balaban J connectivity index is 0.00000324. The summed E-state index contributed by atoms with van der Waals surface area (Å²) in [6, 6.07) is 10.5. The number of rotatable bonds is 6. The van der Waals surface area contributed by atoms with Crippen LogP contribution in [0.3, 0.4) is 0 Å². The first-order valence-corrected chi connectivity index (χ1v) is 8.82. The van der Waals surface area contributed by atoms with Crippen molar-refractivity contribution in [1.82, 2.24) is 5.32 Å². The van der Waals surface area contributed by atoms with Gasteiger partial charge >= 0.3 is 0 Å². The number of hydrogen-bond acceptors (Lipinski definition) is 2. The van der Waals surface area contributed by atoms with Crippen molar-refractivity contribution < 1.29 is 5.61 Å². The van der Waals surface area contributed by atoms with E-state index in [1.54, 1.807) is 0 Å². The fourth-order valence-electron chi connectivity index (χ4n) is 1.33. The smallest absolute Gasteiger partial charge is 0.0717 e. The van der Waals surface area contributed by atoms with Crippen LogP contribution in [-0.2, 0) is 10.7 Å². The zero-order valence-corrected chi connectivity index (χ0v) is 13.1. The van der Waals surface area contributed by atoms with Crippen molar-refractivity contribution in [3.63, 3.8) is 0 Å². The van der Waals surface area contributed by atoms with Gasteiger partial charge in [0.1, 0.15) is 0 Å². The molecule has 0 saturated heterocycles. The minimum atomic E-state index is -0.983. The molecule has 1 aromatic carbocycles. The van der Waals surface area contributed by atoms with E-state index >= 15 is 0 Å². The van der Waals surface area contributed by atoms with Gasteiger partial charge in [-0.3, -0.25) is 0 Å². The lowest BCUT2D eigenvalue weighted by Crippen LogP contribution is -2.28. The average molecular weight is 271 g/mol. The van der Waals surface area contributed by atoms with Gasteiger partial charge in [-0.1, -0.05) is 51.1 Å². The summed E-state index contributed by atoms with van der Waals surface area (Å²) >= 11 is 0. The Kier molecular flexibility index (Phi) is 5.70. The van der Waals surface area contributed by atoms with Crippen molar-refractivity contribution in [2.24, 2.45) is 0 Å². The highest BCUT2D eigenvalue weighted by Crippen LogP contribution is 2.53. The van der Waals surface area contributed by atoms with Crippen molar-refractivity contribution in [3.05, 3.63) is 35.9 Å². The molecule has 1 N–H and O–H groups in total. The van der Waals surface area contributed by atoms with Crippen LogP contribution in [0.15, 0.2) is 30.3 Å². The highest BCUT2D eigenvalue weighted by molar-refractivity contribution is 8.29. The summed E-state index contributed by atoms with van der Waals surface area (Å²) in [5, 5.41) is 3.41. The predicted molar refractivity (Wildman–Crippen MR) is 85.4 cm³/mol. The van der Waals surface area contributed by atoms with Gasteiger partial charge in [0.25, 0.3) is 0 Å². The summed E-state index contributed by atoms with van der Waals surface area (Å²) < 4.78 is 6.30. The molecular formula is C15H29NOS. The van der Waals surface area contributed by atoms with E-state index < -0.39 is 10.3 Å². The van der Waals surface area contributed by atoms with Crippen LogP contribution < -0.4 is 5.32 Å². The molecule has 2 nitrogen and oxygen atoms in total. The normalized spacial score (nSPS) is 13.6. The lowest BCUT2D eigenvalue weighted by Gasteiger charge is -2.43. The first kappa shape index (κ1) is 15.5. The van der Waals surface area contributed by atoms with Crippen LogP contribution in [0.25, 0.3) is 0 Å². The molecule has 0 spiro atoms. The zero-order chi connectivity index (χ0) is 13.6. The third-order valence-electron chi connectivity index (χ3n) is 3.30. The zero-order valence-electron chi connectivity index (χ0n) is 12.3. The maximum absolute atomic E-state index is 6.05. The van der Waals surface area contributed by atoms with Crippen LogP contribution in [0.4, 0.5) is 0 Å². The molecule has 0 aliphatic carbocycles. The molecule has 0 amide bonds. The van der Waals surface area contributed by atoms with Gasteiger partial charge in [0.05, 0.1) is 6.61 Å². The van der Waals surface area contributed by atoms with E-state index in [0.29, 0.717) is 0 Å². The molecule has 0 aliphatic rings. The Labute approximate surface area is 115 Å². The molecule has 1 rings (SSSR count). The van der Waals surface area contributed by atoms with Gasteiger partial charge in [0.15, 0.2) is 0 Å². The van der Waals surface area contributed by atoms with Gasteiger partial charge in [0, 0.05) is 19.3 Å². The Morgan fingerprint density at radius 1 is 1.17 bits per heavy atom. The van der Waals surface area contributed by atoms with E-state index in [1.165, 1.54) is 5.56 Å². The molecular weight excluding hydrogens is 242 g/mol. The number of benzene rings is 1. The third kappa shape index (κ3) is 5.01. The SMILES string of the molecule is CC(C)(C)S(C)(C)OCCNCc1ccccc1.[HH]. The van der Waals surface area contributed by atoms with Crippen molar-refractivity contribution >= 4 is 10.3 Å². The Morgan fingerprint density at radius 3 is 2.33 bits per heavy atom. The highest BCUT2D eigenvalue weighted by atomic mass is 32.3. The van der Waals surface area contributed by atoms with Gasteiger partial charge in [-0.25, -0.2) is 0 Å². The topological polar surface area (TPSA) is 21.3 Å². The number of hydrogen-bond donors (Lipinski definition) is 1. The molecule has 18 heavy (non-hydrogen) atoms. The van der Waals surface area contributed by atoms with E-state index in [0.717, 1.165) is 19.7 Å². The fraction of sp³-hybridized carbons (Fsp3) is 0.600. The largest absolute Gasteiger partial charge is 0.335 e. The fourth-order valence-corrected chi connectivity index (χ4v) is 2.18. The third-order valence-corrected chi connectivity index (χ3v) is 7.01. The van der Waals surface area contributed by atoms with Crippen molar-refractivity contribution in [3.8, 4) is 0 Å². The van der Waals surface area contributed by atoms with E-state index in [1.807, 2.05) is 6.07 Å². The molecule has 0 fully saturated rings. The molecule has 0 aliphatic heterocycles. The van der Waals surface area contributed by atoms with Crippen LogP contribution >= 0.6 is 10.3 Å². The Bertz CT molecular complexity index is 349. The van der Waals surface area contributed by atoms with Crippen molar-refractivity contribution in [2.75, 3.05) is 25.7 Å². The van der Waals surface area contributed by atoms with E-state index in [-0.39, 0.29) is 6.17 Å². The maximum atomic E-state index is 6.05. The molecule has 0 heterocycles. The van der Waals surface area contributed by atoms with E-state index in [4.69, 9.17) is 4.18 Å². The molecule has 0 aromatic heterocycles. The lowest BCUT2D eigenvalue weighted by atomic mass is 10.2. The van der Waals surface area contributed by atoms with E-state index in [9.17, 15) is 0 Å². The van der Waals surface area contributed by atoms with Crippen LogP contribution in [0.1, 0.15) is 27.8 Å². The van der Waals surface area contributed by atoms with Gasteiger partial charge in [0.2, 0.25) is 0 Å². The molecule has 3 heteroatoms. The Morgan fingerprint density at radius 2 is 1.78 bits per heavy atom.